The summed E-state index contributed by atoms with van der Waals surface area (Å²) in [7, 11) is 0. The molecule has 2 nitrogen and oxygen atoms in total. The summed E-state index contributed by atoms with van der Waals surface area (Å²) in [5.41, 5.74) is 2.55. The summed E-state index contributed by atoms with van der Waals surface area (Å²) < 4.78 is 11.6. The Bertz CT molecular complexity index is 472. The maximum Gasteiger partial charge on any atom is 0.105 e. The first-order valence-corrected chi connectivity index (χ1v) is 9.48. The van der Waals surface area contributed by atoms with Gasteiger partial charge in [-0.25, -0.2) is 0 Å². The van der Waals surface area contributed by atoms with Gasteiger partial charge in [0.2, 0.25) is 0 Å². The summed E-state index contributed by atoms with van der Waals surface area (Å²) in [5, 5.41) is 0. The zero-order valence-corrected chi connectivity index (χ0v) is 14.0. The third-order valence-corrected chi connectivity index (χ3v) is 7.17. The quantitative estimate of drug-likeness (QED) is 0.642. The lowest BCUT2D eigenvalue weighted by Crippen LogP contribution is -1.95. The van der Waals surface area contributed by atoms with E-state index >= 15 is 0 Å². The van der Waals surface area contributed by atoms with Crippen LogP contribution in [0, 0.1) is 13.8 Å². The Hall–Kier alpha value is -0.390. The van der Waals surface area contributed by atoms with E-state index in [1.165, 1.54) is 11.1 Å². The van der Waals surface area contributed by atoms with E-state index in [0.717, 1.165) is 11.5 Å². The average molecular weight is 314 g/mol. The summed E-state index contributed by atoms with van der Waals surface area (Å²) in [5.74, 6) is 2.02. The molecule has 104 valence electrons. The van der Waals surface area contributed by atoms with Crippen LogP contribution in [0.15, 0.2) is 33.5 Å². The summed E-state index contributed by atoms with van der Waals surface area (Å²) in [6, 6.07) is 4.15. The first-order valence-electron chi connectivity index (χ1n) is 5.96. The minimum absolute atomic E-state index is 0.380. The van der Waals surface area contributed by atoms with Crippen molar-refractivity contribution in [1.82, 2.24) is 0 Å². The number of thioether (sulfide) groups is 3. The van der Waals surface area contributed by atoms with E-state index in [4.69, 9.17) is 8.83 Å². The first kappa shape index (κ1) is 15.0. The van der Waals surface area contributed by atoms with Crippen LogP contribution in [-0.2, 0) is 0 Å². The third kappa shape index (κ3) is 3.38. The number of furan rings is 2. The molecule has 2 rings (SSSR count). The second kappa shape index (κ2) is 6.86. The second-order valence-electron chi connectivity index (χ2n) is 4.14. The van der Waals surface area contributed by atoms with Gasteiger partial charge in [0.15, 0.2) is 0 Å². The standard InChI is InChI=1S/C14H18O2S3/c1-9-11(5-7-15-9)13(17-3)19-14(18-4)12-6-8-16-10(12)2/h5-8,13-14H,1-4H3. The molecule has 2 aromatic heterocycles. The predicted molar refractivity (Wildman–Crippen MR) is 87.0 cm³/mol. The Morgan fingerprint density at radius 1 is 0.842 bits per heavy atom. The maximum atomic E-state index is 5.42. The van der Waals surface area contributed by atoms with Crippen LogP contribution in [0.25, 0.3) is 0 Å². The number of aryl methyl sites for hydroxylation is 2. The van der Waals surface area contributed by atoms with Crippen LogP contribution in [-0.4, -0.2) is 12.5 Å². The zero-order valence-electron chi connectivity index (χ0n) is 11.5. The van der Waals surface area contributed by atoms with Crippen molar-refractivity contribution in [2.75, 3.05) is 12.5 Å². The zero-order chi connectivity index (χ0) is 13.8. The van der Waals surface area contributed by atoms with Crippen LogP contribution in [0.4, 0.5) is 0 Å². The molecule has 0 bridgehead atoms. The topological polar surface area (TPSA) is 26.3 Å². The van der Waals surface area contributed by atoms with E-state index in [9.17, 15) is 0 Å². The van der Waals surface area contributed by atoms with Crippen molar-refractivity contribution < 1.29 is 8.83 Å². The van der Waals surface area contributed by atoms with Gasteiger partial charge < -0.3 is 8.83 Å². The van der Waals surface area contributed by atoms with Gasteiger partial charge in [-0.15, -0.1) is 35.3 Å². The monoisotopic (exact) mass is 314 g/mol. The third-order valence-electron chi connectivity index (χ3n) is 2.98. The minimum atomic E-state index is 0.380. The molecule has 0 aromatic carbocycles. The van der Waals surface area contributed by atoms with Gasteiger partial charge in [-0.05, 0) is 38.5 Å². The molecule has 19 heavy (non-hydrogen) atoms. The van der Waals surface area contributed by atoms with Crippen LogP contribution in [0.5, 0.6) is 0 Å². The fourth-order valence-corrected chi connectivity index (χ4v) is 5.67. The number of rotatable bonds is 6. The lowest BCUT2D eigenvalue weighted by molar-refractivity contribution is 0.531. The molecule has 2 atom stereocenters. The van der Waals surface area contributed by atoms with Crippen molar-refractivity contribution in [1.29, 1.82) is 0 Å². The first-order chi connectivity index (χ1) is 9.17. The molecule has 0 radical (unpaired) electrons. The Morgan fingerprint density at radius 3 is 1.53 bits per heavy atom. The van der Waals surface area contributed by atoms with Crippen molar-refractivity contribution in [2.24, 2.45) is 0 Å². The molecule has 0 aliphatic heterocycles. The number of hydrogen-bond donors (Lipinski definition) is 0. The van der Waals surface area contributed by atoms with Gasteiger partial charge in [-0.2, -0.15) is 0 Å². The van der Waals surface area contributed by atoms with Gasteiger partial charge in [-0.1, -0.05) is 0 Å². The summed E-state index contributed by atoms with van der Waals surface area (Å²) in [6.45, 7) is 4.05. The summed E-state index contributed by atoms with van der Waals surface area (Å²) >= 11 is 5.63. The normalized spacial score (nSPS) is 14.5. The molecule has 0 saturated carbocycles. The van der Waals surface area contributed by atoms with E-state index in [0.29, 0.717) is 9.16 Å². The van der Waals surface area contributed by atoms with Gasteiger partial charge in [0.25, 0.3) is 0 Å². The highest BCUT2D eigenvalue weighted by Gasteiger charge is 2.23. The highest BCUT2D eigenvalue weighted by molar-refractivity contribution is 8.22. The molecule has 0 fully saturated rings. The van der Waals surface area contributed by atoms with Crippen LogP contribution in [0.3, 0.4) is 0 Å². The molecule has 2 aromatic rings. The summed E-state index contributed by atoms with van der Waals surface area (Å²) in [6.07, 6.45) is 7.82. The molecule has 0 aliphatic carbocycles. The van der Waals surface area contributed by atoms with Crippen LogP contribution in [0.1, 0.15) is 31.8 Å². The highest BCUT2D eigenvalue weighted by atomic mass is 32.2. The van der Waals surface area contributed by atoms with Crippen LogP contribution < -0.4 is 0 Å². The SMILES string of the molecule is CSC(SC(SC)c1ccoc1C)c1ccoc1C. The molecule has 2 unspecified atom stereocenters. The van der Waals surface area contributed by atoms with Gasteiger partial charge in [0, 0.05) is 11.1 Å². The van der Waals surface area contributed by atoms with Crippen molar-refractivity contribution in [3.63, 3.8) is 0 Å². The molecule has 5 heteroatoms. The molecule has 0 spiro atoms. The fourth-order valence-electron chi connectivity index (χ4n) is 1.90. The smallest absolute Gasteiger partial charge is 0.105 e. The number of hydrogen-bond acceptors (Lipinski definition) is 5. The minimum Gasteiger partial charge on any atom is -0.469 e. The largest absolute Gasteiger partial charge is 0.469 e. The van der Waals surface area contributed by atoms with Crippen LogP contribution in [0.2, 0.25) is 0 Å². The van der Waals surface area contributed by atoms with Gasteiger partial charge in [0.1, 0.15) is 11.5 Å². The Balaban J connectivity index is 2.17. The summed E-state index contributed by atoms with van der Waals surface area (Å²) in [4.78, 5) is 0. The Kier molecular flexibility index (Phi) is 5.42. The van der Waals surface area contributed by atoms with Crippen molar-refractivity contribution in [3.05, 3.63) is 47.3 Å². The highest BCUT2D eigenvalue weighted by Crippen LogP contribution is 2.51. The van der Waals surface area contributed by atoms with E-state index < -0.39 is 0 Å². The molecule has 0 N–H and O–H groups in total. The van der Waals surface area contributed by atoms with E-state index in [2.05, 4.69) is 24.6 Å². The molecule has 2 heterocycles. The van der Waals surface area contributed by atoms with E-state index in [-0.39, 0.29) is 0 Å². The molecule has 0 saturated heterocycles. The average Bonchev–Trinajstić information content (AvgIpc) is 3.01. The van der Waals surface area contributed by atoms with Crippen LogP contribution >= 0.6 is 35.3 Å². The second-order valence-corrected chi connectivity index (χ2v) is 7.83. The van der Waals surface area contributed by atoms with Crippen molar-refractivity contribution in [3.8, 4) is 0 Å². The Morgan fingerprint density at radius 2 is 1.26 bits per heavy atom. The molecular formula is C14H18O2S3. The lowest BCUT2D eigenvalue weighted by Gasteiger charge is -2.20. The predicted octanol–water partition coefficient (Wildman–Crippen LogP) is 5.65. The van der Waals surface area contributed by atoms with Crippen molar-refractivity contribution >= 4 is 35.3 Å². The van der Waals surface area contributed by atoms with Gasteiger partial charge in [-0.3, -0.25) is 0 Å². The Labute approximate surface area is 127 Å². The fraction of sp³-hybridized carbons (Fsp3) is 0.429. The maximum absolute atomic E-state index is 5.42. The van der Waals surface area contributed by atoms with E-state index in [1.807, 2.05) is 49.1 Å². The molecule has 0 amide bonds. The van der Waals surface area contributed by atoms with Gasteiger partial charge in [0.05, 0.1) is 21.7 Å². The van der Waals surface area contributed by atoms with Gasteiger partial charge >= 0.3 is 0 Å². The molecule has 0 aliphatic rings. The molecular weight excluding hydrogens is 296 g/mol. The van der Waals surface area contributed by atoms with Crippen molar-refractivity contribution in [2.45, 2.75) is 23.0 Å². The lowest BCUT2D eigenvalue weighted by atomic mass is 10.3. The van der Waals surface area contributed by atoms with E-state index in [1.54, 1.807) is 12.5 Å².